The van der Waals surface area contributed by atoms with Gasteiger partial charge in [0, 0.05) is 19.1 Å². The highest BCUT2D eigenvalue weighted by molar-refractivity contribution is 5.77. The van der Waals surface area contributed by atoms with Crippen LogP contribution in [0.4, 0.5) is 10.3 Å². The van der Waals surface area contributed by atoms with Gasteiger partial charge in [-0.25, -0.2) is 9.37 Å². The average Bonchev–Trinajstić information content (AvgIpc) is 3.00. The van der Waals surface area contributed by atoms with Gasteiger partial charge in [0.1, 0.15) is 5.82 Å². The van der Waals surface area contributed by atoms with Crippen LogP contribution in [0.2, 0.25) is 0 Å². The third-order valence-electron chi connectivity index (χ3n) is 4.33. The summed E-state index contributed by atoms with van der Waals surface area (Å²) >= 11 is 0. The first-order valence-electron chi connectivity index (χ1n) is 6.93. The van der Waals surface area contributed by atoms with Crippen LogP contribution in [0.15, 0.2) is 18.2 Å². The van der Waals surface area contributed by atoms with Crippen molar-refractivity contribution in [3.05, 3.63) is 24.0 Å². The average molecular weight is 260 g/mol. The van der Waals surface area contributed by atoms with Crippen molar-refractivity contribution in [3.63, 3.8) is 0 Å². The van der Waals surface area contributed by atoms with Gasteiger partial charge in [-0.2, -0.15) is 0 Å². The fraction of sp³-hybridized carbons (Fsp3) is 0.500. The minimum Gasteiger partial charge on any atom is -0.340 e. The molecule has 0 bridgehead atoms. The molecule has 2 aromatic rings. The van der Waals surface area contributed by atoms with Crippen LogP contribution in [0, 0.1) is 11.7 Å². The topological polar surface area (TPSA) is 44.0 Å². The van der Waals surface area contributed by atoms with Crippen LogP contribution in [0.3, 0.4) is 0 Å². The lowest BCUT2D eigenvalue weighted by atomic mass is 9.94. The van der Waals surface area contributed by atoms with E-state index in [2.05, 4.69) is 20.2 Å². The number of hydrogen-bond donors (Lipinski definition) is 2. The predicted molar refractivity (Wildman–Crippen MR) is 72.8 cm³/mol. The number of hydrogen-bond acceptors (Lipinski definition) is 3. The number of imidazole rings is 1. The van der Waals surface area contributed by atoms with Crippen LogP contribution in [0.25, 0.3) is 11.0 Å². The number of nitrogens with one attached hydrogen (secondary N) is 2. The van der Waals surface area contributed by atoms with Gasteiger partial charge in [0.25, 0.3) is 0 Å². The molecule has 2 N–H and O–H groups in total. The molecule has 0 saturated carbocycles. The number of H-pyrrole nitrogens is 1. The Morgan fingerprint density at radius 1 is 1.32 bits per heavy atom. The van der Waals surface area contributed by atoms with Gasteiger partial charge >= 0.3 is 0 Å². The molecular formula is C14H17FN4. The third kappa shape index (κ3) is 1.89. The second-order valence-corrected chi connectivity index (χ2v) is 5.59. The van der Waals surface area contributed by atoms with E-state index in [1.54, 1.807) is 6.07 Å². The number of nitrogens with zero attached hydrogens (tertiary/aromatic N) is 2. The highest BCUT2D eigenvalue weighted by Crippen LogP contribution is 2.28. The van der Waals surface area contributed by atoms with E-state index in [0.29, 0.717) is 6.04 Å². The van der Waals surface area contributed by atoms with E-state index in [4.69, 9.17) is 0 Å². The minimum atomic E-state index is -0.223. The fourth-order valence-electron chi connectivity index (χ4n) is 3.34. The van der Waals surface area contributed by atoms with Crippen LogP contribution < -0.4 is 10.2 Å². The number of anilines is 1. The Morgan fingerprint density at radius 3 is 3.16 bits per heavy atom. The van der Waals surface area contributed by atoms with Gasteiger partial charge in [-0.1, -0.05) is 0 Å². The summed E-state index contributed by atoms with van der Waals surface area (Å²) in [5.41, 5.74) is 1.61. The third-order valence-corrected chi connectivity index (χ3v) is 4.33. The smallest absolute Gasteiger partial charge is 0.203 e. The summed E-state index contributed by atoms with van der Waals surface area (Å²) in [5.74, 6) is 1.37. The van der Waals surface area contributed by atoms with Gasteiger partial charge in [-0.15, -0.1) is 0 Å². The van der Waals surface area contributed by atoms with Crippen LogP contribution in [-0.4, -0.2) is 35.6 Å². The van der Waals surface area contributed by atoms with Crippen molar-refractivity contribution in [2.24, 2.45) is 5.92 Å². The van der Waals surface area contributed by atoms with Crippen LogP contribution >= 0.6 is 0 Å². The van der Waals surface area contributed by atoms with Gasteiger partial charge < -0.3 is 15.2 Å². The molecule has 0 aliphatic carbocycles. The zero-order chi connectivity index (χ0) is 12.8. The molecule has 2 fully saturated rings. The Bertz CT molecular complexity index is 595. The SMILES string of the molecule is Fc1ccc2nc(N3C[C@@H]4CCCN[C@@H]4C3)[nH]c2c1. The van der Waals surface area contributed by atoms with Gasteiger partial charge in [0.05, 0.1) is 11.0 Å². The van der Waals surface area contributed by atoms with Crippen LogP contribution in [0.1, 0.15) is 12.8 Å². The number of fused-ring (bicyclic) bond motifs is 2. The van der Waals surface area contributed by atoms with Crippen molar-refractivity contribution in [1.29, 1.82) is 0 Å². The maximum atomic E-state index is 13.2. The molecule has 5 heteroatoms. The quantitative estimate of drug-likeness (QED) is 0.823. The summed E-state index contributed by atoms with van der Waals surface area (Å²) in [7, 11) is 0. The minimum absolute atomic E-state index is 0.223. The van der Waals surface area contributed by atoms with Crippen molar-refractivity contribution >= 4 is 17.0 Å². The Hall–Kier alpha value is -1.62. The van der Waals surface area contributed by atoms with Crippen LogP contribution in [0.5, 0.6) is 0 Å². The highest BCUT2D eigenvalue weighted by atomic mass is 19.1. The summed E-state index contributed by atoms with van der Waals surface area (Å²) in [6, 6.07) is 5.27. The maximum Gasteiger partial charge on any atom is 0.203 e. The summed E-state index contributed by atoms with van der Waals surface area (Å²) in [4.78, 5) is 10.1. The van der Waals surface area contributed by atoms with Crippen molar-refractivity contribution in [2.45, 2.75) is 18.9 Å². The maximum absolute atomic E-state index is 13.2. The molecule has 4 rings (SSSR count). The molecular weight excluding hydrogens is 243 g/mol. The normalized spacial score (nSPS) is 26.9. The largest absolute Gasteiger partial charge is 0.340 e. The first-order chi connectivity index (χ1) is 9.29. The Kier molecular flexibility index (Phi) is 2.48. The summed E-state index contributed by atoms with van der Waals surface area (Å²) in [6.45, 7) is 3.16. The molecule has 19 heavy (non-hydrogen) atoms. The molecule has 3 heterocycles. The Labute approximate surface area is 111 Å². The first-order valence-corrected chi connectivity index (χ1v) is 6.93. The van der Waals surface area contributed by atoms with Crippen molar-refractivity contribution in [3.8, 4) is 0 Å². The molecule has 2 aliphatic heterocycles. The number of aromatic nitrogens is 2. The zero-order valence-electron chi connectivity index (χ0n) is 10.7. The molecule has 0 amide bonds. The fourth-order valence-corrected chi connectivity index (χ4v) is 3.34. The number of aromatic amines is 1. The van der Waals surface area contributed by atoms with E-state index in [1.807, 2.05) is 0 Å². The molecule has 2 saturated heterocycles. The number of piperidine rings is 1. The molecule has 1 aromatic carbocycles. The zero-order valence-corrected chi connectivity index (χ0v) is 10.7. The number of benzene rings is 1. The monoisotopic (exact) mass is 260 g/mol. The molecule has 0 radical (unpaired) electrons. The molecule has 0 spiro atoms. The van der Waals surface area contributed by atoms with Gasteiger partial charge in [-0.05, 0) is 43.5 Å². The Morgan fingerprint density at radius 2 is 2.26 bits per heavy atom. The van der Waals surface area contributed by atoms with Gasteiger partial charge in [-0.3, -0.25) is 0 Å². The van der Waals surface area contributed by atoms with E-state index in [9.17, 15) is 4.39 Å². The second kappa shape index (κ2) is 4.20. The number of rotatable bonds is 1. The van der Waals surface area contributed by atoms with E-state index in [-0.39, 0.29) is 5.82 Å². The van der Waals surface area contributed by atoms with E-state index in [1.165, 1.54) is 25.0 Å². The number of halogens is 1. The lowest BCUT2D eigenvalue weighted by Crippen LogP contribution is -2.40. The van der Waals surface area contributed by atoms with Crippen LogP contribution in [-0.2, 0) is 0 Å². The summed E-state index contributed by atoms with van der Waals surface area (Å²) < 4.78 is 13.2. The highest BCUT2D eigenvalue weighted by Gasteiger charge is 2.35. The van der Waals surface area contributed by atoms with Crippen molar-refractivity contribution < 1.29 is 4.39 Å². The van der Waals surface area contributed by atoms with E-state index in [0.717, 1.165) is 42.5 Å². The standard InChI is InChI=1S/C14H17FN4/c15-10-3-4-11-12(6-10)18-14(17-11)19-7-9-2-1-5-16-13(9)8-19/h3-4,6,9,13,16H,1-2,5,7-8H2,(H,17,18)/t9-,13+/m0/s1. The second-order valence-electron chi connectivity index (χ2n) is 5.59. The molecule has 0 unspecified atom stereocenters. The summed E-state index contributed by atoms with van der Waals surface area (Å²) in [5, 5.41) is 3.58. The molecule has 1 aromatic heterocycles. The molecule has 4 nitrogen and oxygen atoms in total. The molecule has 2 atom stereocenters. The lowest BCUT2D eigenvalue weighted by Gasteiger charge is -2.24. The van der Waals surface area contributed by atoms with E-state index >= 15 is 0 Å². The van der Waals surface area contributed by atoms with Crippen molar-refractivity contribution in [2.75, 3.05) is 24.5 Å². The molecule has 100 valence electrons. The summed E-state index contributed by atoms with van der Waals surface area (Å²) in [6.07, 6.45) is 2.56. The van der Waals surface area contributed by atoms with Crippen molar-refractivity contribution in [1.82, 2.24) is 15.3 Å². The first kappa shape index (κ1) is 11.2. The lowest BCUT2D eigenvalue weighted by molar-refractivity contribution is 0.340. The van der Waals surface area contributed by atoms with Gasteiger partial charge in [0.15, 0.2) is 0 Å². The Balaban J connectivity index is 1.64. The van der Waals surface area contributed by atoms with E-state index < -0.39 is 0 Å². The predicted octanol–water partition coefficient (Wildman–Crippen LogP) is 1.89. The molecule has 2 aliphatic rings. The van der Waals surface area contributed by atoms with Gasteiger partial charge in [0.2, 0.25) is 5.95 Å².